The van der Waals surface area contributed by atoms with Crippen LogP contribution in [0.1, 0.15) is 41.5 Å². The molecule has 0 saturated heterocycles. The second-order valence-corrected chi connectivity index (χ2v) is 6.19. The summed E-state index contributed by atoms with van der Waals surface area (Å²) in [6, 6.07) is 0. The van der Waals surface area contributed by atoms with Crippen LogP contribution in [0.3, 0.4) is 0 Å². The third-order valence-electron chi connectivity index (χ3n) is 1.65. The molecule has 3 nitrogen and oxygen atoms in total. The topological polar surface area (TPSA) is 32.7 Å². The number of thiol groups is 1. The summed E-state index contributed by atoms with van der Waals surface area (Å²) in [6.07, 6.45) is 0.231. The van der Waals surface area contributed by atoms with Crippen LogP contribution in [0.5, 0.6) is 0 Å². The lowest BCUT2D eigenvalue weighted by Crippen LogP contribution is -2.35. The summed E-state index contributed by atoms with van der Waals surface area (Å²) in [5.74, 6) is 0. The first-order valence-corrected chi connectivity index (χ1v) is 6.86. The Labute approximate surface area is 113 Å². The summed E-state index contributed by atoms with van der Waals surface area (Å²) in [5.41, 5.74) is 0. The van der Waals surface area contributed by atoms with E-state index in [0.717, 1.165) is 6.54 Å². The SMILES string of the molecule is CC(C)S.CC(O)CN(C)CC(C)OC(C)C. The third kappa shape index (κ3) is 22.0. The Balaban J connectivity index is 0. The average Bonchev–Trinajstić information content (AvgIpc) is 1.97. The lowest BCUT2D eigenvalue weighted by molar-refractivity contribution is -0.00242. The van der Waals surface area contributed by atoms with Crippen molar-refractivity contribution in [3.8, 4) is 0 Å². The number of aliphatic hydroxyl groups is 1. The molecule has 0 amide bonds. The van der Waals surface area contributed by atoms with Crippen molar-refractivity contribution in [1.29, 1.82) is 0 Å². The molecule has 0 saturated carbocycles. The van der Waals surface area contributed by atoms with Gasteiger partial charge >= 0.3 is 0 Å². The van der Waals surface area contributed by atoms with E-state index in [4.69, 9.17) is 9.84 Å². The van der Waals surface area contributed by atoms with Gasteiger partial charge in [-0.2, -0.15) is 12.6 Å². The molecule has 4 heteroatoms. The van der Waals surface area contributed by atoms with Crippen molar-refractivity contribution < 1.29 is 9.84 Å². The Kier molecular flexibility index (Phi) is 13.0. The van der Waals surface area contributed by atoms with Crippen LogP contribution in [0.25, 0.3) is 0 Å². The first-order chi connectivity index (χ1) is 7.65. The van der Waals surface area contributed by atoms with Gasteiger partial charge in [-0.15, -0.1) is 0 Å². The molecule has 2 unspecified atom stereocenters. The first-order valence-electron chi connectivity index (χ1n) is 6.35. The molecular formula is C13H31NO2S. The fraction of sp³-hybridized carbons (Fsp3) is 1.00. The molecule has 0 spiro atoms. The van der Waals surface area contributed by atoms with Crippen molar-refractivity contribution in [3.05, 3.63) is 0 Å². The van der Waals surface area contributed by atoms with Crippen molar-refractivity contribution in [2.75, 3.05) is 20.1 Å². The minimum atomic E-state index is -0.267. The van der Waals surface area contributed by atoms with Gasteiger partial charge in [0.25, 0.3) is 0 Å². The Morgan fingerprint density at radius 1 is 1.06 bits per heavy atom. The first kappa shape index (κ1) is 19.6. The van der Waals surface area contributed by atoms with Crippen molar-refractivity contribution in [1.82, 2.24) is 4.90 Å². The van der Waals surface area contributed by atoms with E-state index in [1.165, 1.54) is 0 Å². The zero-order chi connectivity index (χ0) is 14.0. The highest BCUT2D eigenvalue weighted by Crippen LogP contribution is 1.99. The third-order valence-corrected chi connectivity index (χ3v) is 1.65. The molecular weight excluding hydrogens is 234 g/mol. The van der Waals surface area contributed by atoms with Crippen LogP contribution in [-0.4, -0.2) is 53.7 Å². The zero-order valence-corrected chi connectivity index (χ0v) is 13.4. The molecule has 2 atom stereocenters. The number of likely N-dealkylation sites (N-methyl/N-ethyl adjacent to an activating group) is 1. The standard InChI is InChI=1S/C10H23NO2.C3H8S/c1-8(2)13-10(4)7-11(5)6-9(3)12;1-3(2)4/h8-10,12H,6-7H2,1-5H3;3-4H,1-2H3. The lowest BCUT2D eigenvalue weighted by Gasteiger charge is -2.23. The molecule has 0 aliphatic rings. The number of nitrogens with zero attached hydrogens (tertiary/aromatic N) is 1. The van der Waals surface area contributed by atoms with E-state index in [2.05, 4.69) is 24.5 Å². The molecule has 1 N–H and O–H groups in total. The van der Waals surface area contributed by atoms with Crippen molar-refractivity contribution in [2.45, 2.75) is 65.1 Å². The lowest BCUT2D eigenvalue weighted by atomic mass is 10.3. The molecule has 0 aliphatic heterocycles. The largest absolute Gasteiger partial charge is 0.392 e. The van der Waals surface area contributed by atoms with E-state index in [0.29, 0.717) is 11.8 Å². The molecule has 0 aliphatic carbocycles. The van der Waals surface area contributed by atoms with Gasteiger partial charge in [0.05, 0.1) is 18.3 Å². The van der Waals surface area contributed by atoms with Crippen LogP contribution in [0, 0.1) is 0 Å². The monoisotopic (exact) mass is 265 g/mol. The fourth-order valence-electron chi connectivity index (χ4n) is 1.47. The Bertz CT molecular complexity index is 147. The molecule has 0 rings (SSSR count). The maximum atomic E-state index is 9.14. The summed E-state index contributed by atoms with van der Waals surface area (Å²) in [7, 11) is 1.99. The summed E-state index contributed by atoms with van der Waals surface area (Å²) in [4.78, 5) is 2.08. The fourth-order valence-corrected chi connectivity index (χ4v) is 1.47. The Morgan fingerprint density at radius 2 is 1.47 bits per heavy atom. The smallest absolute Gasteiger partial charge is 0.0677 e. The second kappa shape index (κ2) is 11.3. The molecule has 0 bridgehead atoms. The number of hydrogen-bond donors (Lipinski definition) is 2. The van der Waals surface area contributed by atoms with Gasteiger partial charge in [-0.05, 0) is 40.0 Å². The maximum Gasteiger partial charge on any atom is 0.0677 e. The number of hydrogen-bond acceptors (Lipinski definition) is 4. The van der Waals surface area contributed by atoms with Gasteiger partial charge in [0.1, 0.15) is 0 Å². The number of rotatable bonds is 6. The molecule has 0 radical (unpaired) electrons. The van der Waals surface area contributed by atoms with Crippen LogP contribution in [-0.2, 0) is 4.74 Å². The van der Waals surface area contributed by atoms with Gasteiger partial charge in [0, 0.05) is 13.1 Å². The summed E-state index contributed by atoms with van der Waals surface area (Å²) in [5, 5.41) is 9.66. The van der Waals surface area contributed by atoms with Crippen LogP contribution in [0.4, 0.5) is 0 Å². The quantitative estimate of drug-likeness (QED) is 0.724. The second-order valence-electron chi connectivity index (χ2n) is 5.16. The molecule has 0 aromatic rings. The molecule has 0 fully saturated rings. The van der Waals surface area contributed by atoms with E-state index < -0.39 is 0 Å². The molecule has 17 heavy (non-hydrogen) atoms. The molecule has 0 aromatic heterocycles. The van der Waals surface area contributed by atoms with E-state index in [-0.39, 0.29) is 18.3 Å². The van der Waals surface area contributed by atoms with Gasteiger partial charge in [0.15, 0.2) is 0 Å². The predicted molar refractivity (Wildman–Crippen MR) is 79.0 cm³/mol. The molecule has 0 aromatic carbocycles. The van der Waals surface area contributed by atoms with E-state index in [1.54, 1.807) is 6.92 Å². The summed E-state index contributed by atoms with van der Waals surface area (Å²) in [6.45, 7) is 13.5. The minimum Gasteiger partial charge on any atom is -0.392 e. The van der Waals surface area contributed by atoms with Crippen molar-refractivity contribution in [2.24, 2.45) is 0 Å². The average molecular weight is 265 g/mol. The van der Waals surface area contributed by atoms with Gasteiger partial charge in [-0.3, -0.25) is 0 Å². The Hall–Kier alpha value is 0.230. The summed E-state index contributed by atoms with van der Waals surface area (Å²) < 4.78 is 5.58. The minimum absolute atomic E-state index is 0.226. The van der Waals surface area contributed by atoms with E-state index in [1.807, 2.05) is 34.7 Å². The maximum absolute atomic E-state index is 9.14. The van der Waals surface area contributed by atoms with Crippen molar-refractivity contribution in [3.63, 3.8) is 0 Å². The highest BCUT2D eigenvalue weighted by molar-refractivity contribution is 7.80. The van der Waals surface area contributed by atoms with Gasteiger partial charge in [0.2, 0.25) is 0 Å². The molecule has 0 heterocycles. The van der Waals surface area contributed by atoms with Gasteiger partial charge < -0.3 is 14.7 Å². The van der Waals surface area contributed by atoms with Crippen molar-refractivity contribution >= 4 is 12.6 Å². The Morgan fingerprint density at radius 3 is 1.76 bits per heavy atom. The van der Waals surface area contributed by atoms with Crippen LogP contribution in [0.15, 0.2) is 0 Å². The van der Waals surface area contributed by atoms with Crippen LogP contribution in [0.2, 0.25) is 0 Å². The van der Waals surface area contributed by atoms with Crippen LogP contribution >= 0.6 is 12.6 Å². The van der Waals surface area contributed by atoms with E-state index >= 15 is 0 Å². The zero-order valence-electron chi connectivity index (χ0n) is 12.5. The number of aliphatic hydroxyl groups excluding tert-OH is 1. The van der Waals surface area contributed by atoms with Crippen LogP contribution < -0.4 is 0 Å². The van der Waals surface area contributed by atoms with Gasteiger partial charge in [-0.25, -0.2) is 0 Å². The normalized spacial score (nSPS) is 14.8. The summed E-state index contributed by atoms with van der Waals surface area (Å²) >= 11 is 3.97. The highest BCUT2D eigenvalue weighted by atomic mass is 32.1. The van der Waals surface area contributed by atoms with E-state index in [9.17, 15) is 0 Å². The van der Waals surface area contributed by atoms with Gasteiger partial charge in [-0.1, -0.05) is 13.8 Å². The molecule has 106 valence electrons. The predicted octanol–water partition coefficient (Wildman–Crippen LogP) is 2.44. The number of ether oxygens (including phenoxy) is 1. The highest BCUT2D eigenvalue weighted by Gasteiger charge is 2.09.